The van der Waals surface area contributed by atoms with Crippen LogP contribution in [-0.2, 0) is 6.42 Å². The third kappa shape index (κ3) is 2.85. The molecule has 0 saturated carbocycles. The zero-order valence-electron chi connectivity index (χ0n) is 11.5. The number of hydrogen-bond donors (Lipinski definition) is 1. The van der Waals surface area contributed by atoms with Gasteiger partial charge in [0.25, 0.3) is 0 Å². The fourth-order valence-corrected chi connectivity index (χ4v) is 2.73. The molecular formula is C15H24N2O. The van der Waals surface area contributed by atoms with Crippen LogP contribution in [0, 0.1) is 0 Å². The minimum absolute atomic E-state index is 0.534. The Morgan fingerprint density at radius 1 is 1.39 bits per heavy atom. The molecule has 0 heterocycles. The van der Waals surface area contributed by atoms with Crippen LogP contribution in [0.5, 0.6) is 5.75 Å². The second-order valence-electron chi connectivity index (χ2n) is 5.19. The van der Waals surface area contributed by atoms with Crippen LogP contribution in [0.2, 0.25) is 0 Å². The fourth-order valence-electron chi connectivity index (χ4n) is 2.73. The number of benzene rings is 1. The van der Waals surface area contributed by atoms with E-state index in [9.17, 15) is 0 Å². The first kappa shape index (κ1) is 13.4. The second-order valence-corrected chi connectivity index (χ2v) is 5.19. The molecule has 0 aromatic heterocycles. The average molecular weight is 248 g/mol. The highest BCUT2D eigenvalue weighted by Gasteiger charge is 2.23. The molecule has 3 heteroatoms. The van der Waals surface area contributed by atoms with Crippen LogP contribution in [-0.4, -0.2) is 32.1 Å². The molecule has 1 unspecified atom stereocenters. The quantitative estimate of drug-likeness (QED) is 0.813. The molecule has 1 aromatic carbocycles. The topological polar surface area (TPSA) is 38.5 Å². The Balaban J connectivity index is 2.20. The minimum atomic E-state index is 0.534. The molecule has 2 rings (SSSR count). The van der Waals surface area contributed by atoms with Crippen molar-refractivity contribution in [3.8, 4) is 5.75 Å². The van der Waals surface area contributed by atoms with Crippen LogP contribution < -0.4 is 10.5 Å². The Hall–Kier alpha value is -1.06. The Morgan fingerprint density at radius 3 is 2.94 bits per heavy atom. The average Bonchev–Trinajstić information content (AvgIpc) is 2.38. The lowest BCUT2D eigenvalue weighted by molar-refractivity contribution is 0.261. The van der Waals surface area contributed by atoms with Crippen molar-refractivity contribution in [2.75, 3.05) is 27.2 Å². The Kier molecular flexibility index (Phi) is 4.61. The van der Waals surface area contributed by atoms with E-state index in [0.717, 1.165) is 25.2 Å². The van der Waals surface area contributed by atoms with Gasteiger partial charge in [-0.15, -0.1) is 0 Å². The molecule has 18 heavy (non-hydrogen) atoms. The van der Waals surface area contributed by atoms with Crippen LogP contribution in [0.1, 0.15) is 36.4 Å². The van der Waals surface area contributed by atoms with E-state index in [2.05, 4.69) is 37.2 Å². The zero-order valence-corrected chi connectivity index (χ0v) is 11.5. The van der Waals surface area contributed by atoms with Gasteiger partial charge in [0.05, 0.1) is 6.61 Å². The summed E-state index contributed by atoms with van der Waals surface area (Å²) in [6, 6.07) is 6.98. The summed E-state index contributed by atoms with van der Waals surface area (Å²) in [7, 11) is 4.31. The van der Waals surface area contributed by atoms with E-state index >= 15 is 0 Å². The molecule has 2 N–H and O–H groups in total. The maximum Gasteiger partial charge on any atom is 0.122 e. The number of rotatable bonds is 5. The smallest absolute Gasteiger partial charge is 0.122 e. The minimum Gasteiger partial charge on any atom is -0.493 e. The van der Waals surface area contributed by atoms with Gasteiger partial charge in [-0.1, -0.05) is 12.1 Å². The van der Waals surface area contributed by atoms with Gasteiger partial charge in [-0.2, -0.15) is 0 Å². The van der Waals surface area contributed by atoms with Gasteiger partial charge in [-0.3, -0.25) is 0 Å². The van der Waals surface area contributed by atoms with Crippen molar-refractivity contribution in [1.29, 1.82) is 0 Å². The van der Waals surface area contributed by atoms with Crippen LogP contribution in [0.15, 0.2) is 18.2 Å². The Morgan fingerprint density at radius 2 is 2.22 bits per heavy atom. The molecule has 3 nitrogen and oxygen atoms in total. The molecule has 0 spiro atoms. The highest BCUT2D eigenvalue weighted by Crippen LogP contribution is 2.37. The molecule has 1 aliphatic carbocycles. The second kappa shape index (κ2) is 6.21. The van der Waals surface area contributed by atoms with Crippen LogP contribution in [0.4, 0.5) is 0 Å². The van der Waals surface area contributed by atoms with Crippen LogP contribution >= 0.6 is 0 Å². The van der Waals surface area contributed by atoms with E-state index < -0.39 is 0 Å². The van der Waals surface area contributed by atoms with E-state index in [1.54, 1.807) is 0 Å². The Labute approximate surface area is 110 Å². The third-order valence-electron chi connectivity index (χ3n) is 3.66. The van der Waals surface area contributed by atoms with Crippen molar-refractivity contribution in [3.63, 3.8) is 0 Å². The van der Waals surface area contributed by atoms with Gasteiger partial charge in [-0.05, 0) is 63.5 Å². The molecule has 100 valence electrons. The van der Waals surface area contributed by atoms with E-state index in [1.807, 2.05) is 0 Å². The third-order valence-corrected chi connectivity index (χ3v) is 3.66. The Bertz CT molecular complexity index is 390. The van der Waals surface area contributed by atoms with Gasteiger partial charge in [0.15, 0.2) is 0 Å². The predicted octanol–water partition coefficient (Wildman–Crippen LogP) is 2.35. The normalized spacial score (nSPS) is 18.8. The van der Waals surface area contributed by atoms with Crippen molar-refractivity contribution < 1.29 is 4.74 Å². The van der Waals surface area contributed by atoms with Crippen molar-refractivity contribution in [2.45, 2.75) is 31.7 Å². The van der Waals surface area contributed by atoms with E-state index in [4.69, 9.17) is 10.5 Å². The molecule has 0 radical (unpaired) electrons. The number of fused-ring (bicyclic) bond motifs is 1. The molecule has 1 aliphatic rings. The number of nitrogens with zero attached hydrogens (tertiary/aromatic N) is 1. The van der Waals surface area contributed by atoms with Gasteiger partial charge in [-0.25, -0.2) is 0 Å². The van der Waals surface area contributed by atoms with Gasteiger partial charge in [0.2, 0.25) is 0 Å². The summed E-state index contributed by atoms with van der Waals surface area (Å²) in [5.41, 5.74) is 8.35. The molecule has 0 saturated heterocycles. The molecular weight excluding hydrogens is 224 g/mol. The summed E-state index contributed by atoms with van der Waals surface area (Å²) in [5.74, 6) is 1.06. The van der Waals surface area contributed by atoms with E-state index in [1.165, 1.54) is 24.0 Å². The highest BCUT2D eigenvalue weighted by molar-refractivity contribution is 5.43. The van der Waals surface area contributed by atoms with Crippen molar-refractivity contribution in [3.05, 3.63) is 29.3 Å². The summed E-state index contributed by atoms with van der Waals surface area (Å²) in [4.78, 5) is 2.31. The molecule has 0 bridgehead atoms. The summed E-state index contributed by atoms with van der Waals surface area (Å²) >= 11 is 0. The van der Waals surface area contributed by atoms with Crippen LogP contribution in [0.25, 0.3) is 0 Å². The lowest BCUT2D eigenvalue weighted by Crippen LogP contribution is -2.24. The monoisotopic (exact) mass is 248 g/mol. The SMILES string of the molecule is CN(C)C1CCCc2c(OCCCN)cccc21. The van der Waals surface area contributed by atoms with Gasteiger partial charge >= 0.3 is 0 Å². The molecule has 1 aromatic rings. The van der Waals surface area contributed by atoms with Crippen LogP contribution in [0.3, 0.4) is 0 Å². The summed E-state index contributed by atoms with van der Waals surface area (Å²) in [5, 5.41) is 0. The number of nitrogens with two attached hydrogens (primary N) is 1. The maximum absolute atomic E-state index is 5.87. The summed E-state index contributed by atoms with van der Waals surface area (Å²) < 4.78 is 5.87. The van der Waals surface area contributed by atoms with Crippen molar-refractivity contribution in [1.82, 2.24) is 4.90 Å². The van der Waals surface area contributed by atoms with Gasteiger partial charge < -0.3 is 15.4 Å². The van der Waals surface area contributed by atoms with Gasteiger partial charge in [0, 0.05) is 6.04 Å². The first-order valence-corrected chi connectivity index (χ1v) is 6.85. The summed E-state index contributed by atoms with van der Waals surface area (Å²) in [6.45, 7) is 1.41. The van der Waals surface area contributed by atoms with Gasteiger partial charge in [0.1, 0.15) is 5.75 Å². The molecule has 0 fully saturated rings. The molecule has 1 atom stereocenters. The molecule has 0 amide bonds. The largest absolute Gasteiger partial charge is 0.493 e. The molecule has 0 aliphatic heterocycles. The number of ether oxygens (including phenoxy) is 1. The first-order valence-electron chi connectivity index (χ1n) is 6.85. The standard InChI is InChI=1S/C15H24N2O/c1-17(2)14-8-3-7-13-12(14)6-4-9-15(13)18-11-5-10-16/h4,6,9,14H,3,5,7-8,10-11,16H2,1-2H3. The lowest BCUT2D eigenvalue weighted by atomic mass is 9.86. The fraction of sp³-hybridized carbons (Fsp3) is 0.600. The van der Waals surface area contributed by atoms with Crippen molar-refractivity contribution >= 4 is 0 Å². The summed E-state index contributed by atoms with van der Waals surface area (Å²) in [6.07, 6.45) is 4.54. The van der Waals surface area contributed by atoms with Crippen molar-refractivity contribution in [2.24, 2.45) is 5.73 Å². The number of hydrogen-bond acceptors (Lipinski definition) is 3. The first-order chi connectivity index (χ1) is 8.74. The van der Waals surface area contributed by atoms with E-state index in [0.29, 0.717) is 12.6 Å². The van der Waals surface area contributed by atoms with E-state index in [-0.39, 0.29) is 0 Å². The maximum atomic E-state index is 5.87. The highest BCUT2D eigenvalue weighted by atomic mass is 16.5. The predicted molar refractivity (Wildman–Crippen MR) is 75.0 cm³/mol. The zero-order chi connectivity index (χ0) is 13.0. The lowest BCUT2D eigenvalue weighted by Gasteiger charge is -2.31.